The van der Waals surface area contributed by atoms with Gasteiger partial charge in [-0.15, -0.1) is 0 Å². The van der Waals surface area contributed by atoms with Crippen LogP contribution >= 0.6 is 0 Å². The Morgan fingerprint density at radius 2 is 1.83 bits per heavy atom. The number of carbonyl (C=O) groups excluding carboxylic acids is 2. The van der Waals surface area contributed by atoms with Crippen LogP contribution in [0.4, 0.5) is 0 Å². The number of amidine groups is 1. The molecular formula is C20H21N3O5S. The average Bonchev–Trinajstić information content (AvgIpc) is 2.96. The molecule has 2 aromatic rings. The normalized spacial score (nSPS) is 15.4. The standard InChI is InChI=1S/C20H21N3O5S/c1-14-6-8-15(9-7-14)12-22-18(24)13-28-19(25)10-11-21-20-16-4-2-3-5-17(16)29(26,27)23-20/h2-9H,10-13H2,1H3,(H,21,23)(H,22,24). The molecular weight excluding hydrogens is 394 g/mol. The summed E-state index contributed by atoms with van der Waals surface area (Å²) in [5, 5.41) is 2.67. The van der Waals surface area contributed by atoms with Gasteiger partial charge in [-0.1, -0.05) is 42.0 Å². The lowest BCUT2D eigenvalue weighted by molar-refractivity contribution is -0.148. The zero-order chi connectivity index (χ0) is 20.9. The van der Waals surface area contributed by atoms with Crippen LogP contribution in [-0.2, 0) is 30.9 Å². The first kappa shape index (κ1) is 20.5. The Hall–Kier alpha value is -3.20. The minimum atomic E-state index is -3.61. The van der Waals surface area contributed by atoms with Crippen molar-refractivity contribution in [3.8, 4) is 0 Å². The molecule has 3 rings (SSSR count). The number of nitrogens with one attached hydrogen (secondary N) is 2. The highest BCUT2D eigenvalue weighted by atomic mass is 32.2. The molecule has 1 amide bonds. The summed E-state index contributed by atoms with van der Waals surface area (Å²) in [7, 11) is -3.61. The molecule has 29 heavy (non-hydrogen) atoms. The van der Waals surface area contributed by atoms with Gasteiger partial charge in [0.05, 0.1) is 17.9 Å². The molecule has 9 heteroatoms. The molecule has 0 saturated heterocycles. The maximum atomic E-state index is 12.0. The van der Waals surface area contributed by atoms with E-state index in [1.807, 2.05) is 31.2 Å². The fraction of sp³-hybridized carbons (Fsp3) is 0.250. The van der Waals surface area contributed by atoms with Gasteiger partial charge in [0, 0.05) is 12.1 Å². The number of carbonyl (C=O) groups is 2. The van der Waals surface area contributed by atoms with Crippen LogP contribution in [0.2, 0.25) is 0 Å². The summed E-state index contributed by atoms with van der Waals surface area (Å²) >= 11 is 0. The van der Waals surface area contributed by atoms with Crippen LogP contribution in [0.5, 0.6) is 0 Å². The number of hydrogen-bond acceptors (Lipinski definition) is 6. The second-order valence-corrected chi connectivity index (χ2v) is 8.16. The molecule has 0 aromatic heterocycles. The average molecular weight is 415 g/mol. The monoisotopic (exact) mass is 415 g/mol. The third-order valence-electron chi connectivity index (χ3n) is 4.22. The van der Waals surface area contributed by atoms with Crippen LogP contribution in [0.15, 0.2) is 58.4 Å². The first-order valence-electron chi connectivity index (χ1n) is 9.00. The lowest BCUT2D eigenvalue weighted by Gasteiger charge is -2.07. The third kappa shape index (κ3) is 5.41. The number of benzene rings is 2. The highest BCUT2D eigenvalue weighted by Gasteiger charge is 2.29. The maximum absolute atomic E-state index is 12.0. The van der Waals surface area contributed by atoms with Gasteiger partial charge < -0.3 is 10.1 Å². The fourth-order valence-corrected chi connectivity index (χ4v) is 3.94. The molecule has 0 fully saturated rings. The number of fused-ring (bicyclic) bond motifs is 1. The molecule has 0 bridgehead atoms. The highest BCUT2D eigenvalue weighted by molar-refractivity contribution is 7.90. The zero-order valence-electron chi connectivity index (χ0n) is 15.8. The first-order chi connectivity index (χ1) is 13.8. The van der Waals surface area contributed by atoms with Crippen molar-refractivity contribution in [2.45, 2.75) is 24.8 Å². The summed E-state index contributed by atoms with van der Waals surface area (Å²) < 4.78 is 31.3. The molecule has 0 saturated carbocycles. The fourth-order valence-electron chi connectivity index (χ4n) is 2.69. The second kappa shape index (κ2) is 8.87. The Morgan fingerprint density at radius 3 is 2.59 bits per heavy atom. The third-order valence-corrected chi connectivity index (χ3v) is 5.62. The molecule has 1 heterocycles. The maximum Gasteiger partial charge on any atom is 0.308 e. The van der Waals surface area contributed by atoms with Crippen molar-refractivity contribution >= 4 is 27.7 Å². The molecule has 0 spiro atoms. The van der Waals surface area contributed by atoms with Gasteiger partial charge in [0.25, 0.3) is 15.9 Å². The van der Waals surface area contributed by atoms with E-state index in [4.69, 9.17) is 4.74 Å². The number of nitrogens with zero attached hydrogens (tertiary/aromatic N) is 1. The second-order valence-electron chi connectivity index (χ2n) is 6.50. The Bertz CT molecular complexity index is 1050. The van der Waals surface area contributed by atoms with Crippen molar-refractivity contribution in [3.63, 3.8) is 0 Å². The predicted molar refractivity (Wildman–Crippen MR) is 107 cm³/mol. The van der Waals surface area contributed by atoms with E-state index in [0.29, 0.717) is 12.1 Å². The van der Waals surface area contributed by atoms with Crippen molar-refractivity contribution in [1.82, 2.24) is 10.0 Å². The van der Waals surface area contributed by atoms with Crippen LogP contribution in [-0.4, -0.2) is 39.3 Å². The first-order valence-corrected chi connectivity index (χ1v) is 10.5. The smallest absolute Gasteiger partial charge is 0.308 e. The van der Waals surface area contributed by atoms with Crippen LogP contribution in [0.1, 0.15) is 23.1 Å². The topological polar surface area (TPSA) is 114 Å². The molecule has 1 aliphatic heterocycles. The number of amides is 1. The molecule has 152 valence electrons. The molecule has 0 atom stereocenters. The summed E-state index contributed by atoms with van der Waals surface area (Å²) in [5.74, 6) is -0.791. The Morgan fingerprint density at radius 1 is 1.10 bits per heavy atom. The number of rotatable bonds is 7. The van der Waals surface area contributed by atoms with E-state index in [1.54, 1.807) is 18.2 Å². The van der Waals surface area contributed by atoms with E-state index >= 15 is 0 Å². The van der Waals surface area contributed by atoms with Crippen molar-refractivity contribution in [3.05, 3.63) is 65.2 Å². The quantitative estimate of drug-likeness (QED) is 0.662. The Labute approximate surface area is 169 Å². The van der Waals surface area contributed by atoms with Gasteiger partial charge in [0.1, 0.15) is 5.84 Å². The number of aliphatic imine (C=N–C) groups is 1. The van der Waals surface area contributed by atoms with Crippen LogP contribution in [0, 0.1) is 6.92 Å². The minimum absolute atomic E-state index is 0.0377. The highest BCUT2D eigenvalue weighted by Crippen LogP contribution is 2.22. The van der Waals surface area contributed by atoms with E-state index in [1.165, 1.54) is 6.07 Å². The van der Waals surface area contributed by atoms with Gasteiger partial charge in [-0.2, -0.15) is 0 Å². The van der Waals surface area contributed by atoms with E-state index in [2.05, 4.69) is 15.0 Å². The number of sulfonamides is 1. The van der Waals surface area contributed by atoms with Gasteiger partial charge in [0.15, 0.2) is 6.61 Å². The Kier molecular flexibility index (Phi) is 6.28. The van der Waals surface area contributed by atoms with Gasteiger partial charge in [-0.3, -0.25) is 19.3 Å². The van der Waals surface area contributed by atoms with E-state index in [0.717, 1.165) is 11.1 Å². The Balaban J connectivity index is 1.42. The van der Waals surface area contributed by atoms with Gasteiger partial charge in [0.2, 0.25) is 0 Å². The minimum Gasteiger partial charge on any atom is -0.456 e. The summed E-state index contributed by atoms with van der Waals surface area (Å²) in [6, 6.07) is 14.2. The van der Waals surface area contributed by atoms with E-state index in [9.17, 15) is 18.0 Å². The zero-order valence-corrected chi connectivity index (χ0v) is 16.7. The van der Waals surface area contributed by atoms with Gasteiger partial charge >= 0.3 is 5.97 Å². The molecule has 0 unspecified atom stereocenters. The number of aryl methyl sites for hydroxylation is 1. The summed E-state index contributed by atoms with van der Waals surface area (Å²) in [6.45, 7) is 1.99. The van der Waals surface area contributed by atoms with Crippen molar-refractivity contribution < 1.29 is 22.7 Å². The molecule has 2 aromatic carbocycles. The summed E-state index contributed by atoms with van der Waals surface area (Å²) in [4.78, 5) is 27.9. The molecule has 2 N–H and O–H groups in total. The van der Waals surface area contributed by atoms with Crippen molar-refractivity contribution in [1.29, 1.82) is 0 Å². The molecule has 0 radical (unpaired) electrons. The molecule has 8 nitrogen and oxygen atoms in total. The number of esters is 1. The number of ether oxygens (including phenoxy) is 1. The number of hydrogen-bond donors (Lipinski definition) is 2. The predicted octanol–water partition coefficient (Wildman–Crippen LogP) is 1.28. The van der Waals surface area contributed by atoms with Crippen molar-refractivity contribution in [2.75, 3.05) is 13.2 Å². The van der Waals surface area contributed by atoms with Gasteiger partial charge in [-0.25, -0.2) is 8.42 Å². The van der Waals surface area contributed by atoms with Crippen molar-refractivity contribution in [2.24, 2.45) is 4.99 Å². The lowest BCUT2D eigenvalue weighted by Crippen LogP contribution is -2.28. The SMILES string of the molecule is Cc1ccc(CNC(=O)COC(=O)CCN=C2NS(=O)(=O)c3ccccc32)cc1. The largest absolute Gasteiger partial charge is 0.456 e. The van der Waals surface area contributed by atoms with Crippen LogP contribution in [0.25, 0.3) is 0 Å². The van der Waals surface area contributed by atoms with E-state index < -0.39 is 21.9 Å². The summed E-state index contributed by atoms with van der Waals surface area (Å²) in [6.07, 6.45) is -0.0708. The van der Waals surface area contributed by atoms with Crippen LogP contribution in [0.3, 0.4) is 0 Å². The lowest BCUT2D eigenvalue weighted by atomic mass is 10.1. The van der Waals surface area contributed by atoms with Gasteiger partial charge in [-0.05, 0) is 24.6 Å². The van der Waals surface area contributed by atoms with Crippen LogP contribution < -0.4 is 10.0 Å². The van der Waals surface area contributed by atoms with E-state index in [-0.39, 0.29) is 30.3 Å². The molecule has 0 aliphatic carbocycles. The summed E-state index contributed by atoms with van der Waals surface area (Å²) in [5.41, 5.74) is 2.55. The molecule has 1 aliphatic rings.